The van der Waals surface area contributed by atoms with Crippen molar-refractivity contribution in [2.45, 2.75) is 20.0 Å². The minimum atomic E-state index is 0.696. The smallest absolute Gasteiger partial charge is 0.164 e. The molecule has 0 spiro atoms. The molecule has 0 unspecified atom stereocenters. The maximum absolute atomic E-state index is 5.48. The Morgan fingerprint density at radius 2 is 2.11 bits per heavy atom. The summed E-state index contributed by atoms with van der Waals surface area (Å²) in [5.41, 5.74) is 1.21. The second kappa shape index (κ2) is 6.80. The van der Waals surface area contributed by atoms with Gasteiger partial charge in [-0.25, -0.2) is 0 Å². The molecule has 1 heterocycles. The van der Waals surface area contributed by atoms with Crippen LogP contribution in [-0.2, 0) is 13.1 Å². The normalized spacial score (nSPS) is 10.6. The molecule has 0 saturated heterocycles. The second-order valence-electron chi connectivity index (χ2n) is 3.89. The van der Waals surface area contributed by atoms with Crippen molar-refractivity contribution in [2.75, 3.05) is 6.61 Å². The molecule has 1 N–H and O–H groups in total. The predicted octanol–water partition coefficient (Wildman–Crippen LogP) is 3.57. The van der Waals surface area contributed by atoms with E-state index in [1.807, 2.05) is 31.2 Å². The Morgan fingerprint density at radius 1 is 1.22 bits per heavy atom. The Kier molecular flexibility index (Phi) is 5.07. The standard InChI is InChI=1S/C14H16INO2/c1-2-17-12-5-3-4-11(8-12)9-16-10-13-6-7-14(15)18-13/h3-8,16H,2,9-10H2,1H3. The highest BCUT2D eigenvalue weighted by Gasteiger charge is 2.00. The van der Waals surface area contributed by atoms with Crippen LogP contribution < -0.4 is 10.1 Å². The number of hydrogen-bond donors (Lipinski definition) is 1. The minimum absolute atomic E-state index is 0.696. The van der Waals surface area contributed by atoms with Gasteiger partial charge in [0.25, 0.3) is 0 Å². The lowest BCUT2D eigenvalue weighted by Gasteiger charge is -2.06. The molecule has 96 valence electrons. The van der Waals surface area contributed by atoms with Crippen LogP contribution in [-0.4, -0.2) is 6.61 Å². The van der Waals surface area contributed by atoms with Gasteiger partial charge in [-0.15, -0.1) is 0 Å². The summed E-state index contributed by atoms with van der Waals surface area (Å²) in [6.45, 7) is 4.23. The van der Waals surface area contributed by atoms with Crippen molar-refractivity contribution in [1.29, 1.82) is 0 Å². The largest absolute Gasteiger partial charge is 0.494 e. The van der Waals surface area contributed by atoms with Crippen LogP contribution in [0.25, 0.3) is 0 Å². The van der Waals surface area contributed by atoms with Gasteiger partial charge >= 0.3 is 0 Å². The van der Waals surface area contributed by atoms with Crippen LogP contribution in [0.15, 0.2) is 40.8 Å². The number of rotatable bonds is 6. The van der Waals surface area contributed by atoms with Crippen molar-refractivity contribution in [3.63, 3.8) is 0 Å². The van der Waals surface area contributed by atoms with E-state index in [0.717, 1.165) is 28.4 Å². The van der Waals surface area contributed by atoms with Crippen LogP contribution in [0.5, 0.6) is 5.75 Å². The van der Waals surface area contributed by atoms with E-state index in [9.17, 15) is 0 Å². The molecular weight excluding hydrogens is 341 g/mol. The summed E-state index contributed by atoms with van der Waals surface area (Å²) in [5, 5.41) is 3.35. The molecular formula is C14H16INO2. The molecule has 0 saturated carbocycles. The molecule has 0 bridgehead atoms. The first-order valence-electron chi connectivity index (χ1n) is 5.94. The Labute approximate surface area is 121 Å². The monoisotopic (exact) mass is 357 g/mol. The average Bonchev–Trinajstić information content (AvgIpc) is 2.76. The summed E-state index contributed by atoms with van der Waals surface area (Å²) < 4.78 is 11.9. The van der Waals surface area contributed by atoms with Crippen LogP contribution in [0.3, 0.4) is 0 Å². The Balaban J connectivity index is 1.84. The van der Waals surface area contributed by atoms with Gasteiger partial charge in [0.15, 0.2) is 3.77 Å². The number of furan rings is 1. The zero-order valence-corrected chi connectivity index (χ0v) is 12.4. The van der Waals surface area contributed by atoms with Gasteiger partial charge in [-0.05, 0) is 59.3 Å². The van der Waals surface area contributed by atoms with Crippen LogP contribution in [0.4, 0.5) is 0 Å². The summed E-state index contributed by atoms with van der Waals surface area (Å²) in [6, 6.07) is 12.1. The van der Waals surface area contributed by atoms with Crippen molar-refractivity contribution in [3.05, 3.63) is 51.5 Å². The molecule has 1 aromatic carbocycles. The second-order valence-corrected chi connectivity index (χ2v) is 4.95. The van der Waals surface area contributed by atoms with Crippen LogP contribution in [0.2, 0.25) is 0 Å². The van der Waals surface area contributed by atoms with Gasteiger partial charge in [-0.3, -0.25) is 0 Å². The van der Waals surface area contributed by atoms with Crippen LogP contribution >= 0.6 is 22.6 Å². The van der Waals surface area contributed by atoms with Gasteiger partial charge in [0.1, 0.15) is 11.5 Å². The topological polar surface area (TPSA) is 34.4 Å². The molecule has 0 aliphatic heterocycles. The number of hydrogen-bond acceptors (Lipinski definition) is 3. The van der Waals surface area contributed by atoms with Crippen LogP contribution in [0, 0.1) is 3.77 Å². The molecule has 1 aromatic heterocycles. The van der Waals surface area contributed by atoms with Crippen molar-refractivity contribution in [3.8, 4) is 5.75 Å². The van der Waals surface area contributed by atoms with Crippen LogP contribution in [0.1, 0.15) is 18.2 Å². The van der Waals surface area contributed by atoms with E-state index in [4.69, 9.17) is 9.15 Å². The van der Waals surface area contributed by atoms with E-state index < -0.39 is 0 Å². The molecule has 0 radical (unpaired) electrons. The maximum Gasteiger partial charge on any atom is 0.164 e. The highest BCUT2D eigenvalue weighted by atomic mass is 127. The van der Waals surface area contributed by atoms with Crippen molar-refractivity contribution < 1.29 is 9.15 Å². The SMILES string of the molecule is CCOc1cccc(CNCc2ccc(I)o2)c1. The van der Waals surface area contributed by atoms with E-state index in [1.54, 1.807) is 0 Å². The third-order valence-electron chi connectivity index (χ3n) is 2.47. The van der Waals surface area contributed by atoms with E-state index in [-0.39, 0.29) is 0 Å². The first kappa shape index (κ1) is 13.4. The molecule has 2 rings (SSSR count). The highest BCUT2D eigenvalue weighted by Crippen LogP contribution is 2.14. The average molecular weight is 357 g/mol. The lowest BCUT2D eigenvalue weighted by molar-refractivity contribution is 0.340. The number of benzene rings is 1. The molecule has 0 fully saturated rings. The van der Waals surface area contributed by atoms with Gasteiger partial charge in [-0.1, -0.05) is 12.1 Å². The third-order valence-corrected chi connectivity index (χ3v) is 3.05. The molecule has 0 atom stereocenters. The fourth-order valence-electron chi connectivity index (χ4n) is 1.69. The molecule has 18 heavy (non-hydrogen) atoms. The highest BCUT2D eigenvalue weighted by molar-refractivity contribution is 14.1. The van der Waals surface area contributed by atoms with E-state index in [2.05, 4.69) is 40.0 Å². The molecule has 2 aromatic rings. The predicted molar refractivity (Wildman–Crippen MR) is 79.6 cm³/mol. The number of ether oxygens (including phenoxy) is 1. The quantitative estimate of drug-likeness (QED) is 0.803. The Hall–Kier alpha value is -1.01. The Morgan fingerprint density at radius 3 is 2.83 bits per heavy atom. The first-order valence-corrected chi connectivity index (χ1v) is 7.02. The van der Waals surface area contributed by atoms with E-state index in [1.165, 1.54) is 5.56 Å². The molecule has 4 heteroatoms. The first-order chi connectivity index (χ1) is 8.78. The molecule has 0 aliphatic carbocycles. The zero-order valence-electron chi connectivity index (χ0n) is 10.3. The molecule has 0 aliphatic rings. The van der Waals surface area contributed by atoms with Gasteiger partial charge in [0.05, 0.1) is 13.2 Å². The van der Waals surface area contributed by atoms with E-state index >= 15 is 0 Å². The lowest BCUT2D eigenvalue weighted by atomic mass is 10.2. The Bertz CT molecular complexity index is 496. The fourth-order valence-corrected chi connectivity index (χ4v) is 2.15. The van der Waals surface area contributed by atoms with Gasteiger partial charge in [0.2, 0.25) is 0 Å². The van der Waals surface area contributed by atoms with E-state index in [0.29, 0.717) is 6.61 Å². The summed E-state index contributed by atoms with van der Waals surface area (Å²) in [4.78, 5) is 0. The summed E-state index contributed by atoms with van der Waals surface area (Å²) in [7, 11) is 0. The third kappa shape index (κ3) is 4.03. The summed E-state index contributed by atoms with van der Waals surface area (Å²) in [6.07, 6.45) is 0. The van der Waals surface area contributed by atoms with Crippen molar-refractivity contribution >= 4 is 22.6 Å². The molecule has 3 nitrogen and oxygen atoms in total. The van der Waals surface area contributed by atoms with Gasteiger partial charge in [0, 0.05) is 6.54 Å². The van der Waals surface area contributed by atoms with Crippen molar-refractivity contribution in [1.82, 2.24) is 5.32 Å². The van der Waals surface area contributed by atoms with Gasteiger partial charge < -0.3 is 14.5 Å². The lowest BCUT2D eigenvalue weighted by Crippen LogP contribution is -2.12. The summed E-state index contributed by atoms with van der Waals surface area (Å²) in [5.74, 6) is 1.88. The van der Waals surface area contributed by atoms with Crippen molar-refractivity contribution in [2.24, 2.45) is 0 Å². The number of nitrogens with one attached hydrogen (secondary N) is 1. The van der Waals surface area contributed by atoms with Gasteiger partial charge in [-0.2, -0.15) is 0 Å². The minimum Gasteiger partial charge on any atom is -0.494 e. The fraction of sp³-hybridized carbons (Fsp3) is 0.286. The summed E-state index contributed by atoms with van der Waals surface area (Å²) >= 11 is 2.17. The number of halogens is 1. The zero-order chi connectivity index (χ0) is 12.8. The maximum atomic E-state index is 5.48. The molecule has 0 amide bonds.